The summed E-state index contributed by atoms with van der Waals surface area (Å²) >= 11 is 0. The second-order valence-corrected chi connectivity index (χ2v) is 6.03. The molecule has 1 aliphatic rings. The normalized spacial score (nSPS) is 21.5. The van der Waals surface area contributed by atoms with Gasteiger partial charge in [0.2, 0.25) is 5.91 Å². The van der Waals surface area contributed by atoms with Crippen LogP contribution in [0.1, 0.15) is 25.6 Å². The van der Waals surface area contributed by atoms with Crippen LogP contribution in [0.3, 0.4) is 0 Å². The summed E-state index contributed by atoms with van der Waals surface area (Å²) < 4.78 is 1.26. The maximum Gasteiger partial charge on any atom is 0.269 e. The highest BCUT2D eigenvalue weighted by atomic mass is 16.2. The number of hydrogen-bond donors (Lipinski definition) is 2. The molecule has 2 heterocycles. The summed E-state index contributed by atoms with van der Waals surface area (Å²) in [6.07, 6.45) is 0.194. The van der Waals surface area contributed by atoms with Crippen LogP contribution in [0, 0.1) is 6.92 Å². The number of nitrogens with two attached hydrogens (primary N) is 2. The quantitative estimate of drug-likeness (QED) is 0.265. The number of benzene rings is 1. The second kappa shape index (κ2) is 5.74. The number of fused-ring (bicyclic) bond motifs is 1. The van der Waals surface area contributed by atoms with E-state index in [1.165, 1.54) is 4.57 Å². The predicted octanol–water partition coefficient (Wildman–Crippen LogP) is 0.400. The molecular weight excluding hydrogens is 326 g/mol. The first-order valence-corrected chi connectivity index (χ1v) is 7.57. The van der Waals surface area contributed by atoms with Gasteiger partial charge in [-0.1, -0.05) is 11.3 Å². The molecule has 25 heavy (non-hydrogen) atoms. The summed E-state index contributed by atoms with van der Waals surface area (Å²) in [7, 11) is 0. The average molecular weight is 343 g/mol. The van der Waals surface area contributed by atoms with Gasteiger partial charge in [-0.3, -0.25) is 19.0 Å². The van der Waals surface area contributed by atoms with E-state index < -0.39 is 22.9 Å². The van der Waals surface area contributed by atoms with Crippen LogP contribution in [0.4, 0.5) is 5.69 Å². The highest BCUT2D eigenvalue weighted by molar-refractivity contribution is 6.01. The van der Waals surface area contributed by atoms with E-state index in [0.717, 1.165) is 0 Å². The number of piperidine rings is 1. The molecule has 1 saturated heterocycles. The Labute approximate surface area is 142 Å². The van der Waals surface area contributed by atoms with Crippen LogP contribution in [-0.4, -0.2) is 26.4 Å². The molecule has 0 bridgehead atoms. The fraction of sp³-hybridized carbons (Fsp3) is 0.333. The highest BCUT2D eigenvalue weighted by Crippen LogP contribution is 2.30. The zero-order chi connectivity index (χ0) is 18.4. The molecule has 3 rings (SSSR count). The van der Waals surface area contributed by atoms with Crippen LogP contribution in [0.2, 0.25) is 0 Å². The molecule has 2 aromatic rings. The van der Waals surface area contributed by atoms with Crippen LogP contribution in [0.25, 0.3) is 10.9 Å². The maximum atomic E-state index is 13.2. The van der Waals surface area contributed by atoms with Gasteiger partial charge in [-0.05, 0) is 32.4 Å². The first-order chi connectivity index (χ1) is 11.8. The lowest BCUT2D eigenvalue weighted by Gasteiger charge is -2.37. The number of amides is 2. The van der Waals surface area contributed by atoms with Gasteiger partial charge in [0.05, 0.1) is 10.9 Å². The first-order valence-electron chi connectivity index (χ1n) is 7.57. The average Bonchev–Trinajstić information content (AvgIpc) is 2.57. The fourth-order valence-electron chi connectivity index (χ4n) is 3.21. The van der Waals surface area contributed by atoms with Crippen molar-refractivity contribution >= 4 is 28.4 Å². The zero-order valence-electron chi connectivity index (χ0n) is 13.8. The van der Waals surface area contributed by atoms with Crippen molar-refractivity contribution in [2.75, 3.05) is 0 Å². The molecule has 1 atom stereocenters. The number of hydrazine groups is 1. The molecule has 1 aliphatic heterocycles. The molecule has 10 nitrogen and oxygen atoms in total. The van der Waals surface area contributed by atoms with Crippen molar-refractivity contribution in [3.63, 3.8) is 0 Å². The molecule has 0 spiro atoms. The van der Waals surface area contributed by atoms with Crippen molar-refractivity contribution in [2.24, 2.45) is 22.0 Å². The van der Waals surface area contributed by atoms with Crippen molar-refractivity contribution in [3.8, 4) is 0 Å². The van der Waals surface area contributed by atoms with Crippen molar-refractivity contribution in [1.29, 1.82) is 0 Å². The van der Waals surface area contributed by atoms with Gasteiger partial charge < -0.3 is 5.84 Å². The topological polar surface area (TPSA) is 149 Å². The van der Waals surface area contributed by atoms with Gasteiger partial charge in [0.25, 0.3) is 11.5 Å². The summed E-state index contributed by atoms with van der Waals surface area (Å²) in [5.41, 5.74) is -1.13. The summed E-state index contributed by atoms with van der Waals surface area (Å²) in [5, 5.41) is 7.73. The molecule has 0 aliphatic carbocycles. The van der Waals surface area contributed by atoms with E-state index in [1.54, 1.807) is 32.0 Å². The number of nitrogens with zero attached hydrogens (tertiary/aromatic N) is 5. The van der Waals surface area contributed by atoms with Crippen molar-refractivity contribution in [3.05, 3.63) is 34.4 Å². The Kier molecular flexibility index (Phi) is 3.84. The number of carbonyl (C=O) groups is 2. The monoisotopic (exact) mass is 343 g/mol. The van der Waals surface area contributed by atoms with Gasteiger partial charge in [0.15, 0.2) is 0 Å². The summed E-state index contributed by atoms with van der Waals surface area (Å²) in [4.78, 5) is 41.9. The first kappa shape index (κ1) is 16.7. The number of rotatable bonds is 2. The van der Waals surface area contributed by atoms with Gasteiger partial charge in [-0.2, -0.15) is 0 Å². The predicted molar refractivity (Wildman–Crippen MR) is 88.4 cm³/mol. The molecule has 0 saturated carbocycles. The lowest BCUT2D eigenvalue weighted by molar-refractivity contribution is -0.156. The van der Waals surface area contributed by atoms with Gasteiger partial charge in [0, 0.05) is 6.42 Å². The number of aryl methyl sites for hydroxylation is 1. The number of imide groups is 1. The molecular formula is C15H17N7O3. The number of hydrogen-bond acceptors (Lipinski definition) is 7. The minimum atomic E-state index is -1.32. The minimum absolute atomic E-state index is 0.0484. The third-order valence-electron chi connectivity index (χ3n) is 4.48. The van der Waals surface area contributed by atoms with Crippen LogP contribution >= 0.6 is 0 Å². The minimum Gasteiger partial charge on any atom is -0.305 e. The number of carbonyl (C=O) groups excluding carboxylic acids is 2. The van der Waals surface area contributed by atoms with Crippen LogP contribution in [0.5, 0.6) is 0 Å². The molecule has 1 aromatic heterocycles. The molecule has 2 amide bonds. The van der Waals surface area contributed by atoms with E-state index in [1.807, 2.05) is 0 Å². The van der Waals surface area contributed by atoms with E-state index in [9.17, 15) is 14.4 Å². The van der Waals surface area contributed by atoms with E-state index in [4.69, 9.17) is 11.7 Å². The molecule has 130 valence electrons. The molecule has 0 unspecified atom stereocenters. The fourth-order valence-corrected chi connectivity index (χ4v) is 3.21. The SMILES string of the molecule is Cc1nc2cccc(N=NN)c2c(=O)n1[C@@]1(C)CCC(=O)N(N)C1=O. The lowest BCUT2D eigenvalue weighted by atomic mass is 9.89. The Hall–Kier alpha value is -3.14. The van der Waals surface area contributed by atoms with Gasteiger partial charge in [-0.25, -0.2) is 15.8 Å². The van der Waals surface area contributed by atoms with Gasteiger partial charge in [0.1, 0.15) is 17.1 Å². The largest absolute Gasteiger partial charge is 0.305 e. The van der Waals surface area contributed by atoms with E-state index in [2.05, 4.69) is 15.3 Å². The highest BCUT2D eigenvalue weighted by Gasteiger charge is 2.46. The van der Waals surface area contributed by atoms with Gasteiger partial charge >= 0.3 is 0 Å². The third kappa shape index (κ3) is 2.38. The Morgan fingerprint density at radius 2 is 2.00 bits per heavy atom. The Balaban J connectivity index is 2.34. The van der Waals surface area contributed by atoms with Gasteiger partial charge in [-0.15, -0.1) is 5.11 Å². The third-order valence-corrected chi connectivity index (χ3v) is 4.48. The zero-order valence-corrected chi connectivity index (χ0v) is 13.8. The molecule has 10 heteroatoms. The second-order valence-electron chi connectivity index (χ2n) is 6.03. The van der Waals surface area contributed by atoms with E-state index in [-0.39, 0.29) is 23.9 Å². The summed E-state index contributed by atoms with van der Waals surface area (Å²) in [5.74, 6) is 9.87. The Morgan fingerprint density at radius 1 is 1.28 bits per heavy atom. The van der Waals surface area contributed by atoms with E-state index in [0.29, 0.717) is 16.4 Å². The van der Waals surface area contributed by atoms with Crippen LogP contribution < -0.4 is 17.2 Å². The Morgan fingerprint density at radius 3 is 2.68 bits per heavy atom. The number of aromatic nitrogens is 2. The molecule has 0 radical (unpaired) electrons. The summed E-state index contributed by atoms with van der Waals surface area (Å²) in [6, 6.07) is 4.91. The van der Waals surface area contributed by atoms with Crippen molar-refractivity contribution in [1.82, 2.24) is 14.6 Å². The van der Waals surface area contributed by atoms with Crippen molar-refractivity contribution < 1.29 is 9.59 Å². The van der Waals surface area contributed by atoms with Crippen LogP contribution in [0.15, 0.2) is 33.3 Å². The molecule has 1 fully saturated rings. The smallest absolute Gasteiger partial charge is 0.269 e. The van der Waals surface area contributed by atoms with Crippen LogP contribution in [-0.2, 0) is 15.1 Å². The van der Waals surface area contributed by atoms with E-state index >= 15 is 0 Å². The Bertz CT molecular complexity index is 981. The summed E-state index contributed by atoms with van der Waals surface area (Å²) in [6.45, 7) is 3.18. The van der Waals surface area contributed by atoms with Crippen molar-refractivity contribution in [2.45, 2.75) is 32.2 Å². The lowest BCUT2D eigenvalue weighted by Crippen LogP contribution is -2.60. The maximum absolute atomic E-state index is 13.2. The standard InChI is InChI=1S/C15H17N7O3/c1-8-18-9-4-3-5-10(19-20-16)12(9)13(24)21(8)15(2)7-6-11(23)22(17)14(15)25/h3-5H,6-7,17H2,1-2H3,(H2,16,19)/t15-/m0/s1. The molecule has 1 aromatic carbocycles. The molecule has 4 N–H and O–H groups in total.